The number of para-hydroxylation sites is 1. The van der Waals surface area contributed by atoms with Crippen LogP contribution in [-0.4, -0.2) is 62.5 Å². The molecule has 3 atom stereocenters. The van der Waals surface area contributed by atoms with Crippen LogP contribution in [0.4, 0.5) is 4.79 Å². The summed E-state index contributed by atoms with van der Waals surface area (Å²) in [4.78, 5) is 15.2. The second-order valence-electron chi connectivity index (χ2n) is 11.0. The molecule has 7 nitrogen and oxygen atoms in total. The van der Waals surface area contributed by atoms with Crippen LogP contribution in [0.25, 0.3) is 0 Å². The lowest BCUT2D eigenvalue weighted by Gasteiger charge is -2.43. The first-order valence-electron chi connectivity index (χ1n) is 14.2. The first-order chi connectivity index (χ1) is 18.8. The quantitative estimate of drug-likeness (QED) is 0.240. The third-order valence-corrected chi connectivity index (χ3v) is 7.69. The Balaban J connectivity index is 1.89. The van der Waals surface area contributed by atoms with E-state index in [1.807, 2.05) is 54.4 Å². The van der Waals surface area contributed by atoms with Crippen LogP contribution in [-0.2, 0) is 10.3 Å². The van der Waals surface area contributed by atoms with Gasteiger partial charge in [0.2, 0.25) is 0 Å². The summed E-state index contributed by atoms with van der Waals surface area (Å²) in [5, 5.41) is 19.5. The standard InChI is InChI=1S/C31H46ClN3O4/c1-23(2)19-26(21-33-3)34-30(36)35-17-10-11-24(22-35)31(37,16-8-9-18-38-4)28-20-25(32)14-15-29(28)39-27-12-6-5-7-13-27/h5-7,12-15,20,23-24,26,33,37H,8-11,16-19,21-22H2,1-4H3,(H,34,36). The molecule has 3 rings (SSSR count). The molecule has 1 heterocycles. The number of nitrogens with zero attached hydrogens (tertiary/aromatic N) is 1. The molecule has 0 aromatic heterocycles. The number of hydrogen-bond acceptors (Lipinski definition) is 5. The number of halogens is 1. The van der Waals surface area contributed by atoms with Gasteiger partial charge in [-0.2, -0.15) is 0 Å². The molecule has 1 fully saturated rings. The summed E-state index contributed by atoms with van der Waals surface area (Å²) in [5.41, 5.74) is -0.569. The first kappa shape index (κ1) is 31.2. The molecule has 3 unspecified atom stereocenters. The highest BCUT2D eigenvalue weighted by Crippen LogP contribution is 2.45. The number of carbonyl (C=O) groups excluding carboxylic acids is 1. The van der Waals surface area contributed by atoms with Gasteiger partial charge in [0.05, 0.1) is 5.60 Å². The zero-order valence-corrected chi connectivity index (χ0v) is 24.7. The van der Waals surface area contributed by atoms with Gasteiger partial charge in [-0.05, 0) is 81.8 Å². The van der Waals surface area contributed by atoms with Gasteiger partial charge in [0.1, 0.15) is 11.5 Å². The number of nitrogens with one attached hydrogen (secondary N) is 2. The number of rotatable bonds is 14. The fourth-order valence-electron chi connectivity index (χ4n) is 5.57. The number of unbranched alkanes of at least 4 members (excludes halogenated alkanes) is 1. The maximum absolute atomic E-state index is 13.4. The van der Waals surface area contributed by atoms with Crippen LogP contribution in [0, 0.1) is 11.8 Å². The molecule has 1 saturated heterocycles. The van der Waals surface area contributed by atoms with Gasteiger partial charge in [0, 0.05) is 55.9 Å². The van der Waals surface area contributed by atoms with E-state index in [0.29, 0.717) is 60.7 Å². The van der Waals surface area contributed by atoms with E-state index >= 15 is 0 Å². The summed E-state index contributed by atoms with van der Waals surface area (Å²) < 4.78 is 11.5. The molecule has 0 spiro atoms. The van der Waals surface area contributed by atoms with Crippen molar-refractivity contribution in [3.8, 4) is 11.5 Å². The third kappa shape index (κ3) is 9.10. The van der Waals surface area contributed by atoms with Crippen LogP contribution in [0.15, 0.2) is 48.5 Å². The Morgan fingerprint density at radius 2 is 1.97 bits per heavy atom. The zero-order valence-electron chi connectivity index (χ0n) is 23.9. The number of ether oxygens (including phenoxy) is 2. The average molecular weight is 560 g/mol. The van der Waals surface area contributed by atoms with Crippen LogP contribution < -0.4 is 15.4 Å². The molecular formula is C31H46ClN3O4. The van der Waals surface area contributed by atoms with Crippen molar-refractivity contribution in [2.75, 3.05) is 40.4 Å². The second-order valence-corrected chi connectivity index (χ2v) is 11.5. The van der Waals surface area contributed by atoms with E-state index in [1.165, 1.54) is 0 Å². The minimum absolute atomic E-state index is 0.0506. The molecule has 8 heteroatoms. The molecule has 1 aliphatic heterocycles. The zero-order chi connectivity index (χ0) is 28.3. The molecule has 2 amide bonds. The summed E-state index contributed by atoms with van der Waals surface area (Å²) in [5.74, 6) is 1.56. The monoisotopic (exact) mass is 559 g/mol. The summed E-state index contributed by atoms with van der Waals surface area (Å²) >= 11 is 6.49. The summed E-state index contributed by atoms with van der Waals surface area (Å²) in [7, 11) is 3.59. The first-order valence-corrected chi connectivity index (χ1v) is 14.6. The Kier molecular flexibility index (Phi) is 12.4. The van der Waals surface area contributed by atoms with E-state index in [4.69, 9.17) is 21.1 Å². The molecule has 216 valence electrons. The van der Waals surface area contributed by atoms with Crippen molar-refractivity contribution in [2.24, 2.45) is 11.8 Å². The lowest BCUT2D eigenvalue weighted by molar-refractivity contribution is -0.0575. The van der Waals surface area contributed by atoms with E-state index < -0.39 is 5.60 Å². The second kappa shape index (κ2) is 15.5. The summed E-state index contributed by atoms with van der Waals surface area (Å²) in [6.07, 6.45) is 4.62. The van der Waals surface area contributed by atoms with Gasteiger partial charge in [-0.15, -0.1) is 0 Å². The Bertz CT molecular complexity index is 1020. The van der Waals surface area contributed by atoms with Gasteiger partial charge < -0.3 is 30.1 Å². The minimum Gasteiger partial charge on any atom is -0.457 e. The highest BCUT2D eigenvalue weighted by Gasteiger charge is 2.43. The Hall–Kier alpha value is -2.32. The molecule has 0 aliphatic carbocycles. The van der Waals surface area contributed by atoms with Gasteiger partial charge in [-0.1, -0.05) is 43.6 Å². The van der Waals surface area contributed by atoms with Crippen molar-refractivity contribution in [1.29, 1.82) is 0 Å². The molecule has 0 saturated carbocycles. The largest absolute Gasteiger partial charge is 0.457 e. The van der Waals surface area contributed by atoms with Crippen LogP contribution in [0.3, 0.4) is 0 Å². The van der Waals surface area contributed by atoms with E-state index in [-0.39, 0.29) is 18.0 Å². The number of likely N-dealkylation sites (tertiary alicyclic amines) is 1. The predicted octanol–water partition coefficient (Wildman–Crippen LogP) is 6.19. The predicted molar refractivity (Wildman–Crippen MR) is 158 cm³/mol. The smallest absolute Gasteiger partial charge is 0.317 e. The maximum Gasteiger partial charge on any atom is 0.317 e. The highest BCUT2D eigenvalue weighted by molar-refractivity contribution is 6.30. The number of likely N-dealkylation sites (N-methyl/N-ethyl adjacent to an activating group) is 1. The normalized spacial score (nSPS) is 18.0. The molecular weight excluding hydrogens is 514 g/mol. The van der Waals surface area contributed by atoms with Crippen molar-refractivity contribution < 1.29 is 19.4 Å². The lowest BCUT2D eigenvalue weighted by atomic mass is 9.73. The number of methoxy groups -OCH3 is 1. The van der Waals surface area contributed by atoms with Crippen LogP contribution in [0.2, 0.25) is 5.02 Å². The van der Waals surface area contributed by atoms with Gasteiger partial charge >= 0.3 is 6.03 Å². The summed E-state index contributed by atoms with van der Waals surface area (Å²) in [6, 6.07) is 15.0. The summed E-state index contributed by atoms with van der Waals surface area (Å²) in [6.45, 7) is 6.79. The van der Waals surface area contributed by atoms with E-state index in [0.717, 1.165) is 32.1 Å². The number of carbonyl (C=O) groups is 1. The van der Waals surface area contributed by atoms with E-state index in [2.05, 4.69) is 24.5 Å². The Labute approximate surface area is 239 Å². The van der Waals surface area contributed by atoms with Crippen LogP contribution in [0.1, 0.15) is 57.9 Å². The number of benzene rings is 2. The van der Waals surface area contributed by atoms with E-state index in [1.54, 1.807) is 13.2 Å². The SMILES string of the molecule is CNCC(CC(C)C)NC(=O)N1CCCC(C(O)(CCCCOC)c2cc(Cl)ccc2Oc2ccccc2)C1. The molecule has 39 heavy (non-hydrogen) atoms. The van der Waals surface area contributed by atoms with Crippen molar-refractivity contribution in [3.05, 3.63) is 59.1 Å². The molecule has 0 bridgehead atoms. The van der Waals surface area contributed by atoms with Gasteiger partial charge in [0.15, 0.2) is 0 Å². The fourth-order valence-corrected chi connectivity index (χ4v) is 5.74. The number of urea groups is 1. The van der Waals surface area contributed by atoms with Gasteiger partial charge in [-0.3, -0.25) is 0 Å². The van der Waals surface area contributed by atoms with Crippen molar-refractivity contribution in [2.45, 2.75) is 64.0 Å². The molecule has 2 aromatic rings. The number of aliphatic hydroxyl groups is 1. The van der Waals surface area contributed by atoms with Gasteiger partial charge in [-0.25, -0.2) is 4.79 Å². The Morgan fingerprint density at radius 1 is 1.21 bits per heavy atom. The van der Waals surface area contributed by atoms with Crippen molar-refractivity contribution >= 4 is 17.6 Å². The molecule has 3 N–H and O–H groups in total. The topological polar surface area (TPSA) is 83.1 Å². The maximum atomic E-state index is 13.4. The van der Waals surface area contributed by atoms with Crippen LogP contribution in [0.5, 0.6) is 11.5 Å². The van der Waals surface area contributed by atoms with Crippen molar-refractivity contribution in [3.63, 3.8) is 0 Å². The van der Waals surface area contributed by atoms with Gasteiger partial charge in [0.25, 0.3) is 0 Å². The molecule has 0 radical (unpaired) electrons. The molecule has 1 aliphatic rings. The average Bonchev–Trinajstić information content (AvgIpc) is 2.92. The lowest BCUT2D eigenvalue weighted by Crippen LogP contribution is -2.54. The molecule has 2 aromatic carbocycles. The van der Waals surface area contributed by atoms with Crippen molar-refractivity contribution in [1.82, 2.24) is 15.5 Å². The third-order valence-electron chi connectivity index (χ3n) is 7.45. The number of amides is 2. The number of piperidine rings is 1. The number of hydrogen-bond donors (Lipinski definition) is 3. The van der Waals surface area contributed by atoms with E-state index in [9.17, 15) is 9.90 Å². The minimum atomic E-state index is -1.23. The Morgan fingerprint density at radius 3 is 2.67 bits per heavy atom. The van der Waals surface area contributed by atoms with Crippen LogP contribution >= 0.6 is 11.6 Å². The highest BCUT2D eigenvalue weighted by atomic mass is 35.5. The fraction of sp³-hybridized carbons (Fsp3) is 0.581.